The lowest BCUT2D eigenvalue weighted by molar-refractivity contribution is 0.881. The maximum Gasteiger partial charge on any atom is 0.0666 e. The highest BCUT2D eigenvalue weighted by atomic mass is 79.9. The van der Waals surface area contributed by atoms with E-state index in [2.05, 4.69) is 21.0 Å². The number of nitrogens with zero attached hydrogens (tertiary/aromatic N) is 2. The summed E-state index contributed by atoms with van der Waals surface area (Å²) in [5, 5.41) is 4.14. The standard InChI is InChI=1S/C9H8BrN3/c10-7-5-12-13(6-7)9-3-1-2-8(11)4-9/h1-6H,11H2. The van der Waals surface area contributed by atoms with Gasteiger partial charge < -0.3 is 5.73 Å². The third-order valence-corrected chi connectivity index (χ3v) is 2.10. The van der Waals surface area contributed by atoms with E-state index in [-0.39, 0.29) is 0 Å². The molecule has 1 aromatic carbocycles. The monoisotopic (exact) mass is 237 g/mol. The van der Waals surface area contributed by atoms with Crippen LogP contribution in [0.5, 0.6) is 0 Å². The molecule has 1 heterocycles. The van der Waals surface area contributed by atoms with Crippen molar-refractivity contribution in [1.82, 2.24) is 9.78 Å². The minimum absolute atomic E-state index is 0.740. The largest absolute Gasteiger partial charge is 0.399 e. The van der Waals surface area contributed by atoms with Crippen LogP contribution in [0.15, 0.2) is 41.1 Å². The number of hydrogen-bond donors (Lipinski definition) is 1. The molecule has 2 rings (SSSR count). The summed E-state index contributed by atoms with van der Waals surface area (Å²) in [6.45, 7) is 0. The molecule has 0 aliphatic heterocycles. The van der Waals surface area contributed by atoms with Gasteiger partial charge in [-0.3, -0.25) is 0 Å². The van der Waals surface area contributed by atoms with E-state index < -0.39 is 0 Å². The molecule has 0 atom stereocenters. The molecular formula is C9H8BrN3. The zero-order valence-corrected chi connectivity index (χ0v) is 8.40. The average Bonchev–Trinajstić information content (AvgIpc) is 2.52. The van der Waals surface area contributed by atoms with Crippen LogP contribution in [0.4, 0.5) is 5.69 Å². The summed E-state index contributed by atoms with van der Waals surface area (Å²) in [6, 6.07) is 7.58. The van der Waals surface area contributed by atoms with Crippen LogP contribution < -0.4 is 5.73 Å². The Kier molecular flexibility index (Phi) is 2.06. The Balaban J connectivity index is 2.46. The first-order valence-electron chi connectivity index (χ1n) is 3.82. The maximum absolute atomic E-state index is 5.65. The summed E-state index contributed by atoms with van der Waals surface area (Å²) in [4.78, 5) is 0. The molecular weight excluding hydrogens is 230 g/mol. The van der Waals surface area contributed by atoms with Gasteiger partial charge in [-0.05, 0) is 34.1 Å². The lowest BCUT2D eigenvalue weighted by atomic mass is 10.3. The number of halogens is 1. The van der Waals surface area contributed by atoms with Gasteiger partial charge in [-0.15, -0.1) is 0 Å². The van der Waals surface area contributed by atoms with Crippen molar-refractivity contribution in [2.45, 2.75) is 0 Å². The Bertz CT molecular complexity index is 422. The quantitative estimate of drug-likeness (QED) is 0.774. The molecule has 0 amide bonds. The second-order valence-electron chi connectivity index (χ2n) is 2.70. The molecule has 0 spiro atoms. The molecule has 3 nitrogen and oxygen atoms in total. The van der Waals surface area contributed by atoms with Gasteiger partial charge in [0, 0.05) is 11.9 Å². The second-order valence-corrected chi connectivity index (χ2v) is 3.61. The van der Waals surface area contributed by atoms with Crippen LogP contribution in [0, 0.1) is 0 Å². The summed E-state index contributed by atoms with van der Waals surface area (Å²) < 4.78 is 2.72. The minimum Gasteiger partial charge on any atom is -0.399 e. The highest BCUT2D eigenvalue weighted by Gasteiger charge is 1.97. The van der Waals surface area contributed by atoms with Crippen LogP contribution in [-0.4, -0.2) is 9.78 Å². The smallest absolute Gasteiger partial charge is 0.0666 e. The van der Waals surface area contributed by atoms with Gasteiger partial charge in [0.25, 0.3) is 0 Å². The number of aromatic nitrogens is 2. The molecule has 0 fully saturated rings. The first kappa shape index (κ1) is 8.31. The molecule has 0 saturated heterocycles. The SMILES string of the molecule is Nc1cccc(-n2cc(Br)cn2)c1. The third-order valence-electron chi connectivity index (χ3n) is 1.69. The summed E-state index contributed by atoms with van der Waals surface area (Å²) in [6.07, 6.45) is 3.62. The summed E-state index contributed by atoms with van der Waals surface area (Å²) in [5.41, 5.74) is 7.35. The van der Waals surface area contributed by atoms with Crippen molar-refractivity contribution >= 4 is 21.6 Å². The maximum atomic E-state index is 5.65. The number of hydrogen-bond acceptors (Lipinski definition) is 2. The van der Waals surface area contributed by atoms with Crippen molar-refractivity contribution in [3.8, 4) is 5.69 Å². The molecule has 0 bridgehead atoms. The average molecular weight is 238 g/mol. The molecule has 2 aromatic rings. The molecule has 0 aliphatic rings. The fourth-order valence-electron chi connectivity index (χ4n) is 1.11. The molecule has 13 heavy (non-hydrogen) atoms. The summed E-state index contributed by atoms with van der Waals surface area (Å²) in [5.74, 6) is 0. The van der Waals surface area contributed by atoms with Crippen molar-refractivity contribution in [2.24, 2.45) is 0 Å². The molecule has 0 unspecified atom stereocenters. The fraction of sp³-hybridized carbons (Fsp3) is 0. The van der Waals surface area contributed by atoms with E-state index in [4.69, 9.17) is 5.73 Å². The van der Waals surface area contributed by atoms with Crippen LogP contribution >= 0.6 is 15.9 Å². The van der Waals surface area contributed by atoms with Crippen molar-refractivity contribution in [2.75, 3.05) is 5.73 Å². The Morgan fingerprint density at radius 2 is 2.23 bits per heavy atom. The highest BCUT2D eigenvalue weighted by Crippen LogP contribution is 2.14. The first-order valence-corrected chi connectivity index (χ1v) is 4.61. The number of benzene rings is 1. The minimum atomic E-state index is 0.740. The van der Waals surface area contributed by atoms with Crippen LogP contribution in [0.2, 0.25) is 0 Å². The molecule has 1 aromatic heterocycles. The van der Waals surface area contributed by atoms with Crippen molar-refractivity contribution < 1.29 is 0 Å². The zero-order chi connectivity index (χ0) is 9.26. The third kappa shape index (κ3) is 1.72. The van der Waals surface area contributed by atoms with Gasteiger partial charge >= 0.3 is 0 Å². The van der Waals surface area contributed by atoms with Gasteiger partial charge in [0.15, 0.2) is 0 Å². The lowest BCUT2D eigenvalue weighted by Gasteiger charge is -2.00. The predicted octanol–water partition coefficient (Wildman–Crippen LogP) is 2.22. The van der Waals surface area contributed by atoms with Gasteiger partial charge in [-0.1, -0.05) is 6.07 Å². The molecule has 66 valence electrons. The topological polar surface area (TPSA) is 43.8 Å². The van der Waals surface area contributed by atoms with Crippen molar-refractivity contribution in [3.05, 3.63) is 41.1 Å². The van der Waals surface area contributed by atoms with E-state index >= 15 is 0 Å². The van der Waals surface area contributed by atoms with Crippen molar-refractivity contribution in [1.29, 1.82) is 0 Å². The Morgan fingerprint density at radius 1 is 1.38 bits per heavy atom. The van der Waals surface area contributed by atoms with Crippen LogP contribution in [0.3, 0.4) is 0 Å². The van der Waals surface area contributed by atoms with Gasteiger partial charge in [-0.25, -0.2) is 4.68 Å². The van der Waals surface area contributed by atoms with E-state index in [0.717, 1.165) is 15.8 Å². The van der Waals surface area contributed by atoms with Crippen LogP contribution in [-0.2, 0) is 0 Å². The van der Waals surface area contributed by atoms with E-state index in [1.165, 1.54) is 0 Å². The number of anilines is 1. The highest BCUT2D eigenvalue weighted by molar-refractivity contribution is 9.10. The van der Waals surface area contributed by atoms with E-state index in [0.29, 0.717) is 0 Å². The van der Waals surface area contributed by atoms with E-state index in [1.54, 1.807) is 10.9 Å². The van der Waals surface area contributed by atoms with Crippen molar-refractivity contribution in [3.63, 3.8) is 0 Å². The number of rotatable bonds is 1. The normalized spacial score (nSPS) is 10.2. The summed E-state index contributed by atoms with van der Waals surface area (Å²) >= 11 is 3.33. The Labute approximate surface area is 84.3 Å². The lowest BCUT2D eigenvalue weighted by Crippen LogP contribution is -1.95. The Morgan fingerprint density at radius 3 is 2.85 bits per heavy atom. The molecule has 0 saturated carbocycles. The van der Waals surface area contributed by atoms with Crippen LogP contribution in [0.25, 0.3) is 5.69 Å². The first-order chi connectivity index (χ1) is 6.25. The molecule has 4 heteroatoms. The number of nitrogens with two attached hydrogens (primary N) is 1. The van der Waals surface area contributed by atoms with Gasteiger partial charge in [-0.2, -0.15) is 5.10 Å². The van der Waals surface area contributed by atoms with Gasteiger partial charge in [0.1, 0.15) is 0 Å². The Hall–Kier alpha value is -1.29. The zero-order valence-electron chi connectivity index (χ0n) is 6.81. The number of nitrogen functional groups attached to an aromatic ring is 1. The van der Waals surface area contributed by atoms with E-state index in [1.807, 2.05) is 30.5 Å². The fourth-order valence-corrected chi connectivity index (χ4v) is 1.39. The molecule has 2 N–H and O–H groups in total. The van der Waals surface area contributed by atoms with Crippen LogP contribution in [0.1, 0.15) is 0 Å². The molecule has 0 radical (unpaired) electrons. The second kappa shape index (κ2) is 3.22. The van der Waals surface area contributed by atoms with E-state index in [9.17, 15) is 0 Å². The van der Waals surface area contributed by atoms with Gasteiger partial charge in [0.2, 0.25) is 0 Å². The summed E-state index contributed by atoms with van der Waals surface area (Å²) in [7, 11) is 0. The molecule has 0 aliphatic carbocycles. The van der Waals surface area contributed by atoms with Gasteiger partial charge in [0.05, 0.1) is 16.4 Å². The predicted molar refractivity (Wildman–Crippen MR) is 55.7 cm³/mol.